The van der Waals surface area contributed by atoms with Gasteiger partial charge in [-0.1, -0.05) is 115 Å². The molecule has 0 aliphatic rings. The van der Waals surface area contributed by atoms with Gasteiger partial charge in [0.15, 0.2) is 11.4 Å². The summed E-state index contributed by atoms with van der Waals surface area (Å²) in [5.74, 6) is 0.654. The second kappa shape index (κ2) is 10.8. The molecule has 0 fully saturated rings. The minimum absolute atomic E-state index is 0.654. The molecule has 4 heterocycles. The molecule has 238 valence electrons. The van der Waals surface area contributed by atoms with Crippen molar-refractivity contribution in [2.24, 2.45) is 0 Å². The molecule has 0 atom stereocenters. The van der Waals surface area contributed by atoms with Gasteiger partial charge < -0.3 is 13.6 Å². The minimum atomic E-state index is 0.654. The van der Waals surface area contributed by atoms with Crippen LogP contribution in [-0.4, -0.2) is 19.1 Å². The average Bonchev–Trinajstić information content (AvgIpc) is 3.85. The molecular formula is C46H28N4O. The van der Waals surface area contributed by atoms with Crippen molar-refractivity contribution in [3.05, 3.63) is 170 Å². The Labute approximate surface area is 292 Å². The van der Waals surface area contributed by atoms with Crippen LogP contribution in [0.25, 0.3) is 99.6 Å². The Bertz CT molecular complexity index is 3090. The third-order valence-electron chi connectivity index (χ3n) is 10.2. The summed E-state index contributed by atoms with van der Waals surface area (Å²) in [7, 11) is 0. The first-order valence-corrected chi connectivity index (χ1v) is 17.2. The standard InChI is InChI=1S/C46H28N4O/c1-2-12-29(13-3-1)33-19-11-20-37-36-18-6-9-23-41(36)50(45(33)37)32-24-25-42-38(27-32)44-43(51-42)28-47-46(48-44)30-14-10-15-31(26-30)49-39-21-7-4-16-34(39)35-17-5-8-22-40(35)49/h1-28H. The maximum atomic E-state index is 6.32. The number of rotatable bonds is 4. The van der Waals surface area contributed by atoms with Crippen LogP contribution in [0.1, 0.15) is 0 Å². The van der Waals surface area contributed by atoms with Crippen LogP contribution in [0.2, 0.25) is 0 Å². The van der Waals surface area contributed by atoms with E-state index in [-0.39, 0.29) is 0 Å². The van der Waals surface area contributed by atoms with E-state index in [1.54, 1.807) is 6.20 Å². The fraction of sp³-hybridized carbons (Fsp3) is 0. The lowest BCUT2D eigenvalue weighted by Gasteiger charge is -2.12. The SMILES string of the molecule is c1ccc(-c2cccc3c4ccccc4n(-c4ccc5oc6cnc(-c7cccc(-n8c9ccccc9c9ccccc98)c7)nc6c5c4)c23)cc1. The van der Waals surface area contributed by atoms with Crippen molar-refractivity contribution in [3.63, 3.8) is 0 Å². The van der Waals surface area contributed by atoms with Gasteiger partial charge in [-0.25, -0.2) is 9.97 Å². The number of furan rings is 1. The van der Waals surface area contributed by atoms with Crippen LogP contribution in [0.4, 0.5) is 0 Å². The molecular weight excluding hydrogens is 625 g/mol. The lowest BCUT2D eigenvalue weighted by Crippen LogP contribution is -1.96. The second-order valence-electron chi connectivity index (χ2n) is 13.0. The van der Waals surface area contributed by atoms with Crippen LogP contribution in [0.15, 0.2) is 174 Å². The molecule has 5 nitrogen and oxygen atoms in total. The fourth-order valence-electron chi connectivity index (χ4n) is 7.95. The van der Waals surface area contributed by atoms with E-state index in [0.29, 0.717) is 11.4 Å². The van der Waals surface area contributed by atoms with Gasteiger partial charge in [0.25, 0.3) is 0 Å². The summed E-state index contributed by atoms with van der Waals surface area (Å²) in [5.41, 5.74) is 12.3. The summed E-state index contributed by atoms with van der Waals surface area (Å²) in [6.45, 7) is 0. The third kappa shape index (κ3) is 4.15. The van der Waals surface area contributed by atoms with Crippen LogP contribution >= 0.6 is 0 Å². The molecule has 0 aliphatic heterocycles. The predicted octanol–water partition coefficient (Wildman–Crippen LogP) is 11.9. The summed E-state index contributed by atoms with van der Waals surface area (Å²) >= 11 is 0. The number of nitrogens with zero attached hydrogens (tertiary/aromatic N) is 4. The average molecular weight is 653 g/mol. The van der Waals surface area contributed by atoms with E-state index in [2.05, 4.69) is 173 Å². The van der Waals surface area contributed by atoms with Gasteiger partial charge in [0.1, 0.15) is 11.1 Å². The van der Waals surface area contributed by atoms with Crippen LogP contribution in [0.3, 0.4) is 0 Å². The van der Waals surface area contributed by atoms with Crippen LogP contribution in [-0.2, 0) is 0 Å². The molecule has 51 heavy (non-hydrogen) atoms. The highest BCUT2D eigenvalue weighted by Crippen LogP contribution is 2.40. The van der Waals surface area contributed by atoms with Gasteiger partial charge in [-0.2, -0.15) is 0 Å². The van der Waals surface area contributed by atoms with E-state index in [1.165, 1.54) is 49.2 Å². The van der Waals surface area contributed by atoms with E-state index in [1.807, 2.05) is 0 Å². The highest BCUT2D eigenvalue weighted by Gasteiger charge is 2.19. The first-order chi connectivity index (χ1) is 25.3. The monoisotopic (exact) mass is 652 g/mol. The Morgan fingerprint density at radius 3 is 1.80 bits per heavy atom. The Morgan fingerprint density at radius 2 is 1.04 bits per heavy atom. The van der Waals surface area contributed by atoms with Gasteiger partial charge in [-0.05, 0) is 54.1 Å². The normalized spacial score (nSPS) is 11.9. The molecule has 0 unspecified atom stereocenters. The summed E-state index contributed by atoms with van der Waals surface area (Å²) < 4.78 is 11.0. The Morgan fingerprint density at radius 1 is 0.431 bits per heavy atom. The van der Waals surface area contributed by atoms with Crippen molar-refractivity contribution in [1.82, 2.24) is 19.1 Å². The van der Waals surface area contributed by atoms with Gasteiger partial charge in [0, 0.05) is 49.4 Å². The molecule has 11 aromatic rings. The maximum Gasteiger partial charge on any atom is 0.172 e. The van der Waals surface area contributed by atoms with Gasteiger partial charge in [-0.3, -0.25) is 0 Å². The van der Waals surface area contributed by atoms with Crippen LogP contribution in [0.5, 0.6) is 0 Å². The topological polar surface area (TPSA) is 48.8 Å². The van der Waals surface area contributed by atoms with E-state index < -0.39 is 0 Å². The van der Waals surface area contributed by atoms with Gasteiger partial charge >= 0.3 is 0 Å². The number of benzene rings is 7. The number of hydrogen-bond acceptors (Lipinski definition) is 3. The zero-order chi connectivity index (χ0) is 33.5. The molecule has 7 aromatic carbocycles. The molecule has 11 rings (SSSR count). The number of fused-ring (bicyclic) bond motifs is 9. The molecule has 0 spiro atoms. The van der Waals surface area contributed by atoms with Crippen molar-refractivity contribution in [2.45, 2.75) is 0 Å². The first-order valence-electron chi connectivity index (χ1n) is 17.2. The lowest BCUT2D eigenvalue weighted by atomic mass is 10.0. The molecule has 0 aliphatic carbocycles. The number of aromatic nitrogens is 4. The Kier molecular flexibility index (Phi) is 5.89. The van der Waals surface area contributed by atoms with Crippen molar-refractivity contribution in [2.75, 3.05) is 0 Å². The quantitative estimate of drug-likeness (QED) is 0.190. The highest BCUT2D eigenvalue weighted by atomic mass is 16.3. The van der Waals surface area contributed by atoms with Crippen molar-refractivity contribution >= 4 is 65.7 Å². The number of hydrogen-bond donors (Lipinski definition) is 0. The molecule has 0 saturated heterocycles. The molecule has 0 N–H and O–H groups in total. The largest absolute Gasteiger partial charge is 0.453 e. The van der Waals surface area contributed by atoms with Gasteiger partial charge in [-0.15, -0.1) is 0 Å². The van der Waals surface area contributed by atoms with Gasteiger partial charge in [0.05, 0.1) is 28.3 Å². The van der Waals surface area contributed by atoms with E-state index in [4.69, 9.17) is 14.4 Å². The zero-order valence-electron chi connectivity index (χ0n) is 27.4. The first kappa shape index (κ1) is 27.9. The number of para-hydroxylation sites is 4. The van der Waals surface area contributed by atoms with E-state index >= 15 is 0 Å². The van der Waals surface area contributed by atoms with Crippen molar-refractivity contribution in [3.8, 4) is 33.9 Å². The summed E-state index contributed by atoms with van der Waals surface area (Å²) in [6, 6.07) is 57.9. The Hall–Kier alpha value is -6.98. The molecule has 0 saturated carbocycles. The summed E-state index contributed by atoms with van der Waals surface area (Å²) in [5, 5.41) is 5.85. The third-order valence-corrected chi connectivity index (χ3v) is 10.2. The van der Waals surface area contributed by atoms with E-state index in [9.17, 15) is 0 Å². The fourth-order valence-corrected chi connectivity index (χ4v) is 7.95. The minimum Gasteiger partial charge on any atom is -0.453 e. The zero-order valence-corrected chi connectivity index (χ0v) is 27.4. The van der Waals surface area contributed by atoms with Crippen molar-refractivity contribution < 1.29 is 4.42 Å². The highest BCUT2D eigenvalue weighted by molar-refractivity contribution is 6.14. The van der Waals surface area contributed by atoms with Crippen LogP contribution in [0, 0.1) is 0 Å². The predicted molar refractivity (Wildman–Crippen MR) is 209 cm³/mol. The molecule has 0 amide bonds. The summed E-state index contributed by atoms with van der Waals surface area (Å²) in [4.78, 5) is 9.97. The maximum absolute atomic E-state index is 6.32. The molecule has 0 radical (unpaired) electrons. The molecule has 0 bridgehead atoms. The second-order valence-corrected chi connectivity index (χ2v) is 13.0. The van der Waals surface area contributed by atoms with Crippen molar-refractivity contribution in [1.29, 1.82) is 0 Å². The molecule has 5 heteroatoms. The Balaban J connectivity index is 1.10. The molecule has 4 aromatic heterocycles. The van der Waals surface area contributed by atoms with E-state index in [0.717, 1.165) is 38.9 Å². The lowest BCUT2D eigenvalue weighted by molar-refractivity contribution is 0.666. The van der Waals surface area contributed by atoms with Crippen LogP contribution < -0.4 is 0 Å². The van der Waals surface area contributed by atoms with Gasteiger partial charge in [0.2, 0.25) is 0 Å². The smallest absolute Gasteiger partial charge is 0.172 e. The summed E-state index contributed by atoms with van der Waals surface area (Å²) in [6.07, 6.45) is 1.80.